The van der Waals surface area contributed by atoms with Gasteiger partial charge < -0.3 is 21.1 Å². The monoisotopic (exact) mass is 585 g/mol. The van der Waals surface area contributed by atoms with E-state index in [9.17, 15) is 19.5 Å². The van der Waals surface area contributed by atoms with Gasteiger partial charge in [0.25, 0.3) is 0 Å². The molecule has 3 rings (SSSR count). The van der Waals surface area contributed by atoms with E-state index in [0.717, 1.165) is 28.9 Å². The number of carbonyl (C=O) groups excluding carboxylic acids is 2. The van der Waals surface area contributed by atoms with E-state index >= 15 is 0 Å². The first-order valence-electron chi connectivity index (χ1n) is 14.0. The lowest BCUT2D eigenvalue weighted by atomic mass is 10.0. The smallest absolute Gasteiger partial charge is 0.326 e. The van der Waals surface area contributed by atoms with Gasteiger partial charge in [0.1, 0.15) is 12.1 Å². The molecule has 1 aliphatic rings. The number of nitrogens with one attached hydrogen (secondary N) is 1. The Morgan fingerprint density at radius 3 is 2.25 bits per heavy atom. The molecule has 0 bridgehead atoms. The molecule has 0 saturated carbocycles. The van der Waals surface area contributed by atoms with Crippen LogP contribution in [0.15, 0.2) is 54.6 Å². The minimum atomic E-state index is -1.03. The second kappa shape index (κ2) is 15.5. The number of aliphatic carboxylic acids is 1. The van der Waals surface area contributed by atoms with Crippen molar-refractivity contribution in [3.05, 3.63) is 71.3 Å². The molecule has 2 unspecified atom stereocenters. The molecule has 1 heterocycles. The summed E-state index contributed by atoms with van der Waals surface area (Å²) >= 11 is 0. The summed E-state index contributed by atoms with van der Waals surface area (Å²) in [5, 5.41) is 12.6. The van der Waals surface area contributed by atoms with Gasteiger partial charge in [-0.15, -0.1) is 0 Å². The number of carbonyl (C=O) groups is 3. The molecule has 218 valence electrons. The van der Waals surface area contributed by atoms with Crippen molar-refractivity contribution in [1.29, 1.82) is 0 Å². The molecular formula is C31H43N3O4S2. The second-order valence-electron chi connectivity index (χ2n) is 11.4. The Labute approximate surface area is 246 Å². The standard InChI is InChI=1S/C31H43N3O4S2/c1-20(2)14-25(32)19-39-40-28(16-22-10-6-5-7-11-22)29(35)33-26-17-23-12-8-9-13-24(23)18-34(30(26)36)27(31(37)38)15-21(3)4/h5-13,20-21,25-28H,14-19,32H2,1-4H3,(H,33,35)(H,37,38)/t25-,26+,27?,28?/m1/s1. The minimum Gasteiger partial charge on any atom is -0.480 e. The van der Waals surface area contributed by atoms with Crippen molar-refractivity contribution in [3.8, 4) is 0 Å². The molecule has 0 aliphatic carbocycles. The number of hydrogen-bond acceptors (Lipinski definition) is 6. The lowest BCUT2D eigenvalue weighted by Gasteiger charge is -2.32. The van der Waals surface area contributed by atoms with Gasteiger partial charge in [0.05, 0.1) is 5.25 Å². The maximum atomic E-state index is 13.9. The van der Waals surface area contributed by atoms with E-state index in [2.05, 4.69) is 19.2 Å². The number of benzene rings is 2. The normalized spacial score (nSPS) is 17.7. The van der Waals surface area contributed by atoms with Gasteiger partial charge in [-0.3, -0.25) is 9.59 Å². The number of fused-ring (bicyclic) bond motifs is 1. The topological polar surface area (TPSA) is 113 Å². The fourth-order valence-electron chi connectivity index (χ4n) is 5.01. The summed E-state index contributed by atoms with van der Waals surface area (Å²) in [5.74, 6) is -0.300. The summed E-state index contributed by atoms with van der Waals surface area (Å²) in [6, 6.07) is 15.7. The summed E-state index contributed by atoms with van der Waals surface area (Å²) in [4.78, 5) is 41.4. The first-order valence-corrected chi connectivity index (χ1v) is 16.4. The van der Waals surface area contributed by atoms with E-state index in [-0.39, 0.29) is 30.3 Å². The third-order valence-electron chi connectivity index (χ3n) is 6.93. The Kier molecular flexibility index (Phi) is 12.4. The molecule has 1 aliphatic heterocycles. The van der Waals surface area contributed by atoms with Crippen LogP contribution in [0.3, 0.4) is 0 Å². The highest BCUT2D eigenvalue weighted by atomic mass is 33.1. The molecule has 2 aromatic rings. The van der Waals surface area contributed by atoms with Crippen LogP contribution in [0.1, 0.15) is 57.2 Å². The van der Waals surface area contributed by atoms with E-state index in [1.165, 1.54) is 15.7 Å². The van der Waals surface area contributed by atoms with Crippen LogP contribution >= 0.6 is 21.6 Å². The molecule has 4 atom stereocenters. The van der Waals surface area contributed by atoms with Gasteiger partial charge in [0.2, 0.25) is 11.8 Å². The summed E-state index contributed by atoms with van der Waals surface area (Å²) in [6.45, 7) is 8.38. The molecule has 40 heavy (non-hydrogen) atoms. The largest absolute Gasteiger partial charge is 0.480 e. The van der Waals surface area contributed by atoms with E-state index < -0.39 is 23.3 Å². The van der Waals surface area contributed by atoms with Gasteiger partial charge in [0, 0.05) is 24.8 Å². The fourth-order valence-corrected chi connectivity index (χ4v) is 7.70. The zero-order chi connectivity index (χ0) is 29.2. The maximum absolute atomic E-state index is 13.9. The van der Waals surface area contributed by atoms with Crippen LogP contribution in [-0.2, 0) is 33.8 Å². The van der Waals surface area contributed by atoms with E-state index in [1.54, 1.807) is 10.8 Å². The number of hydrogen-bond donors (Lipinski definition) is 3. The van der Waals surface area contributed by atoms with E-state index in [1.807, 2.05) is 68.4 Å². The average Bonchev–Trinajstić information content (AvgIpc) is 3.03. The highest BCUT2D eigenvalue weighted by molar-refractivity contribution is 8.77. The van der Waals surface area contributed by atoms with Crippen LogP contribution in [0.4, 0.5) is 0 Å². The summed E-state index contributed by atoms with van der Waals surface area (Å²) in [6.07, 6.45) is 2.08. The van der Waals surface area contributed by atoms with E-state index in [0.29, 0.717) is 25.2 Å². The molecule has 0 aromatic heterocycles. The Morgan fingerprint density at radius 1 is 1.00 bits per heavy atom. The molecule has 9 heteroatoms. The molecule has 2 amide bonds. The predicted octanol–water partition coefficient (Wildman–Crippen LogP) is 4.92. The number of amides is 2. The molecule has 0 saturated heterocycles. The van der Waals surface area contributed by atoms with Crippen molar-refractivity contribution in [3.63, 3.8) is 0 Å². The molecule has 2 aromatic carbocycles. The average molecular weight is 586 g/mol. The number of nitrogens with two attached hydrogens (primary N) is 1. The van der Waals surface area contributed by atoms with Crippen molar-refractivity contribution in [1.82, 2.24) is 10.2 Å². The Balaban J connectivity index is 1.83. The highest BCUT2D eigenvalue weighted by Crippen LogP contribution is 2.31. The molecule has 4 N–H and O–H groups in total. The van der Waals surface area contributed by atoms with E-state index in [4.69, 9.17) is 5.73 Å². The van der Waals surface area contributed by atoms with Gasteiger partial charge >= 0.3 is 5.97 Å². The quantitative estimate of drug-likeness (QED) is 0.270. The predicted molar refractivity (Wildman–Crippen MR) is 165 cm³/mol. The van der Waals surface area contributed by atoms with Crippen LogP contribution in [0.2, 0.25) is 0 Å². The van der Waals surface area contributed by atoms with Crippen LogP contribution < -0.4 is 11.1 Å². The van der Waals surface area contributed by atoms with Gasteiger partial charge in [-0.25, -0.2) is 4.79 Å². The van der Waals surface area contributed by atoms with Crippen LogP contribution in [0.25, 0.3) is 0 Å². The summed E-state index contributed by atoms with van der Waals surface area (Å²) in [5.41, 5.74) is 9.17. The van der Waals surface area contributed by atoms with Gasteiger partial charge in [0.15, 0.2) is 0 Å². The lowest BCUT2D eigenvalue weighted by Crippen LogP contribution is -2.54. The van der Waals surface area contributed by atoms with Gasteiger partial charge in [-0.1, -0.05) is 104 Å². The first kappa shape index (κ1) is 32.0. The first-order chi connectivity index (χ1) is 19.0. The van der Waals surface area contributed by atoms with Crippen LogP contribution in [-0.4, -0.2) is 56.9 Å². The number of carboxylic acids is 1. The Morgan fingerprint density at radius 2 is 1.62 bits per heavy atom. The van der Waals surface area contributed by atoms with Crippen molar-refractivity contribution in [2.45, 2.75) is 83.3 Å². The van der Waals surface area contributed by atoms with Crippen molar-refractivity contribution in [2.75, 3.05) is 5.75 Å². The Bertz CT molecular complexity index is 1130. The third kappa shape index (κ3) is 9.56. The zero-order valence-electron chi connectivity index (χ0n) is 23.9. The van der Waals surface area contributed by atoms with Gasteiger partial charge in [-0.05, 0) is 47.8 Å². The number of carboxylic acid groups (broad SMARTS) is 1. The summed E-state index contributed by atoms with van der Waals surface area (Å²) in [7, 11) is 3.08. The highest BCUT2D eigenvalue weighted by Gasteiger charge is 2.38. The number of nitrogens with zero attached hydrogens (tertiary/aromatic N) is 1. The van der Waals surface area contributed by atoms with Crippen LogP contribution in [0, 0.1) is 11.8 Å². The Hall–Kier alpha value is -2.49. The molecule has 0 fully saturated rings. The van der Waals surface area contributed by atoms with Crippen molar-refractivity contribution in [2.24, 2.45) is 17.6 Å². The van der Waals surface area contributed by atoms with Gasteiger partial charge in [-0.2, -0.15) is 0 Å². The molecular weight excluding hydrogens is 542 g/mol. The van der Waals surface area contributed by atoms with Crippen molar-refractivity contribution < 1.29 is 19.5 Å². The van der Waals surface area contributed by atoms with Crippen molar-refractivity contribution >= 4 is 39.4 Å². The fraction of sp³-hybridized carbons (Fsp3) is 0.516. The lowest BCUT2D eigenvalue weighted by molar-refractivity contribution is -0.152. The molecule has 7 nitrogen and oxygen atoms in total. The molecule has 0 radical (unpaired) electrons. The summed E-state index contributed by atoms with van der Waals surface area (Å²) < 4.78 is 0. The third-order valence-corrected chi connectivity index (χ3v) is 9.76. The number of rotatable bonds is 14. The minimum absolute atomic E-state index is 0.0420. The maximum Gasteiger partial charge on any atom is 0.326 e. The SMILES string of the molecule is CC(C)CC(C(=O)O)N1Cc2ccccc2C[C@H](NC(=O)C(Cc2ccccc2)SSC[C@H](N)CC(C)C)C1=O. The molecule has 0 spiro atoms. The zero-order valence-corrected chi connectivity index (χ0v) is 25.5. The van der Waals surface area contributed by atoms with Crippen LogP contribution in [0.5, 0.6) is 0 Å². The second-order valence-corrected chi connectivity index (χ2v) is 14.0.